The normalized spacial score (nSPS) is 13.8. The highest BCUT2D eigenvalue weighted by molar-refractivity contribution is 7.80. The summed E-state index contributed by atoms with van der Waals surface area (Å²) >= 11 is 5.28. The minimum atomic E-state index is -0.955. The average Bonchev–Trinajstić information content (AvgIpc) is 2.70. The lowest BCUT2D eigenvalue weighted by molar-refractivity contribution is 0.0683. The maximum Gasteiger partial charge on any atom is 0.354 e. The molecule has 2 heterocycles. The Morgan fingerprint density at radius 1 is 1.68 bits per heavy atom. The van der Waals surface area contributed by atoms with Gasteiger partial charge in [-0.1, -0.05) is 6.08 Å². The molecule has 0 saturated carbocycles. The molecule has 6 nitrogen and oxygen atoms in total. The Balaban J connectivity index is 2.21. The smallest absolute Gasteiger partial charge is 0.354 e. The molecule has 1 aliphatic heterocycles. The van der Waals surface area contributed by atoms with E-state index >= 15 is 0 Å². The predicted octanol–water partition coefficient (Wildman–Crippen LogP) is 0.537. The third kappa shape index (κ3) is 2.60. The van der Waals surface area contributed by atoms with E-state index in [9.17, 15) is 9.90 Å². The minimum absolute atomic E-state index is 0.242. The van der Waals surface area contributed by atoms with Crippen molar-refractivity contribution in [3.63, 3.8) is 0 Å². The largest absolute Gasteiger partial charge is 0.477 e. The first-order chi connectivity index (χ1) is 9.04. The summed E-state index contributed by atoms with van der Waals surface area (Å²) in [6.07, 6.45) is 2.43. The van der Waals surface area contributed by atoms with Crippen molar-refractivity contribution in [2.75, 3.05) is 13.1 Å². The van der Waals surface area contributed by atoms with Gasteiger partial charge in [0.2, 0.25) is 0 Å². The van der Waals surface area contributed by atoms with Gasteiger partial charge in [0, 0.05) is 38.7 Å². The number of aromatic nitrogens is 2. The van der Waals surface area contributed by atoms with Crippen molar-refractivity contribution in [1.29, 1.82) is 0 Å². The molecule has 0 aromatic carbocycles. The Hall–Kier alpha value is -1.89. The number of carbonyl (C=O) groups is 1. The van der Waals surface area contributed by atoms with Gasteiger partial charge in [0.25, 0.3) is 0 Å². The molecule has 2 rings (SSSR count). The van der Waals surface area contributed by atoms with Gasteiger partial charge in [0.1, 0.15) is 0 Å². The quantitative estimate of drug-likeness (QED) is 0.622. The van der Waals surface area contributed by atoms with E-state index in [2.05, 4.69) is 17.0 Å². The molecule has 7 heteroatoms. The van der Waals surface area contributed by atoms with E-state index in [0.717, 1.165) is 17.8 Å². The summed E-state index contributed by atoms with van der Waals surface area (Å²) < 4.78 is 1.43. The summed E-state index contributed by atoms with van der Waals surface area (Å²) in [4.78, 5) is 13.2. The number of nitrogens with one attached hydrogen (secondary N) is 1. The molecule has 0 saturated heterocycles. The number of aryl methyl sites for hydroxylation is 1. The van der Waals surface area contributed by atoms with Crippen molar-refractivity contribution in [1.82, 2.24) is 20.0 Å². The van der Waals surface area contributed by atoms with Gasteiger partial charge in [-0.3, -0.25) is 4.68 Å². The number of hydrogen-bond acceptors (Lipinski definition) is 3. The molecule has 0 amide bonds. The first-order valence-electron chi connectivity index (χ1n) is 5.96. The van der Waals surface area contributed by atoms with Crippen LogP contribution >= 0.6 is 12.2 Å². The third-order valence-corrected chi connectivity index (χ3v) is 3.49. The number of aromatic carboxylic acids is 1. The van der Waals surface area contributed by atoms with Gasteiger partial charge < -0.3 is 15.3 Å². The maximum atomic E-state index is 11.3. The molecule has 0 radical (unpaired) electrons. The zero-order valence-corrected chi connectivity index (χ0v) is 11.5. The van der Waals surface area contributed by atoms with Crippen LogP contribution in [-0.2, 0) is 20.0 Å². The highest BCUT2D eigenvalue weighted by Crippen LogP contribution is 2.21. The van der Waals surface area contributed by atoms with Gasteiger partial charge in [-0.15, -0.1) is 6.58 Å². The summed E-state index contributed by atoms with van der Waals surface area (Å²) in [5, 5.41) is 17.2. The van der Waals surface area contributed by atoms with Gasteiger partial charge in [-0.25, -0.2) is 4.79 Å². The first-order valence-corrected chi connectivity index (χ1v) is 6.37. The molecule has 0 atom stereocenters. The Kier molecular flexibility index (Phi) is 3.84. The van der Waals surface area contributed by atoms with Crippen LogP contribution in [0.3, 0.4) is 0 Å². The number of carboxylic acid groups (broad SMARTS) is 1. The molecular formula is C12H16N4O2S. The van der Waals surface area contributed by atoms with Crippen LogP contribution in [0.4, 0.5) is 0 Å². The first kappa shape index (κ1) is 13.5. The van der Waals surface area contributed by atoms with E-state index < -0.39 is 5.97 Å². The Labute approximate surface area is 116 Å². The van der Waals surface area contributed by atoms with Crippen molar-refractivity contribution in [2.24, 2.45) is 7.05 Å². The highest BCUT2D eigenvalue weighted by atomic mass is 32.1. The molecule has 102 valence electrons. The minimum Gasteiger partial charge on any atom is -0.477 e. The van der Waals surface area contributed by atoms with Crippen LogP contribution < -0.4 is 5.32 Å². The van der Waals surface area contributed by atoms with Gasteiger partial charge in [-0.05, 0) is 12.2 Å². The summed E-state index contributed by atoms with van der Waals surface area (Å²) in [5.74, 6) is -0.955. The van der Waals surface area contributed by atoms with Gasteiger partial charge in [0.15, 0.2) is 10.8 Å². The van der Waals surface area contributed by atoms with Crippen molar-refractivity contribution in [3.05, 3.63) is 29.6 Å². The van der Waals surface area contributed by atoms with Gasteiger partial charge >= 0.3 is 5.97 Å². The van der Waals surface area contributed by atoms with Crippen molar-refractivity contribution >= 4 is 23.3 Å². The van der Waals surface area contributed by atoms with Gasteiger partial charge in [0.05, 0.1) is 5.69 Å². The van der Waals surface area contributed by atoms with Crippen LogP contribution in [0.5, 0.6) is 0 Å². The molecule has 1 aliphatic rings. The van der Waals surface area contributed by atoms with Crippen LogP contribution in [0, 0.1) is 0 Å². The van der Waals surface area contributed by atoms with Crippen LogP contribution in [0.2, 0.25) is 0 Å². The van der Waals surface area contributed by atoms with Crippen LogP contribution in [-0.4, -0.2) is 44.0 Å². The fourth-order valence-electron chi connectivity index (χ4n) is 2.21. The van der Waals surface area contributed by atoms with E-state index in [-0.39, 0.29) is 5.69 Å². The Morgan fingerprint density at radius 2 is 2.42 bits per heavy atom. The number of thiocarbonyl (C=S) groups is 1. The number of nitrogens with zero attached hydrogens (tertiary/aromatic N) is 3. The number of rotatable bonds is 3. The zero-order valence-electron chi connectivity index (χ0n) is 10.7. The van der Waals surface area contributed by atoms with E-state index in [1.807, 2.05) is 4.90 Å². The number of fused-ring (bicyclic) bond motifs is 1. The number of carboxylic acids is 1. The van der Waals surface area contributed by atoms with Crippen molar-refractivity contribution < 1.29 is 9.90 Å². The molecule has 19 heavy (non-hydrogen) atoms. The van der Waals surface area contributed by atoms with E-state index in [1.54, 1.807) is 13.1 Å². The summed E-state index contributed by atoms with van der Waals surface area (Å²) in [6, 6.07) is 0. The van der Waals surface area contributed by atoms with Crippen molar-refractivity contribution in [3.8, 4) is 0 Å². The summed E-state index contributed by atoms with van der Waals surface area (Å²) in [6.45, 7) is 5.44. The summed E-state index contributed by atoms with van der Waals surface area (Å²) in [7, 11) is 1.65. The molecule has 2 N–H and O–H groups in total. The van der Waals surface area contributed by atoms with E-state index in [0.29, 0.717) is 24.6 Å². The molecule has 0 spiro atoms. The highest BCUT2D eigenvalue weighted by Gasteiger charge is 2.27. The molecule has 1 aromatic rings. The van der Waals surface area contributed by atoms with E-state index in [1.165, 1.54) is 4.68 Å². The lowest BCUT2D eigenvalue weighted by Crippen LogP contribution is -2.42. The lowest BCUT2D eigenvalue weighted by atomic mass is 10.1. The maximum absolute atomic E-state index is 11.3. The second-order valence-corrected chi connectivity index (χ2v) is 4.74. The van der Waals surface area contributed by atoms with Crippen LogP contribution in [0.25, 0.3) is 0 Å². The molecule has 1 aromatic heterocycles. The summed E-state index contributed by atoms with van der Waals surface area (Å²) in [5.41, 5.74) is 1.85. The van der Waals surface area contributed by atoms with Gasteiger partial charge in [-0.2, -0.15) is 5.10 Å². The van der Waals surface area contributed by atoms with Crippen LogP contribution in [0.1, 0.15) is 21.7 Å². The van der Waals surface area contributed by atoms with Crippen molar-refractivity contribution in [2.45, 2.75) is 13.0 Å². The van der Waals surface area contributed by atoms with E-state index in [4.69, 9.17) is 12.2 Å². The molecule has 0 unspecified atom stereocenters. The third-order valence-electron chi connectivity index (χ3n) is 3.08. The van der Waals surface area contributed by atoms with Crippen LogP contribution in [0.15, 0.2) is 12.7 Å². The standard InChI is InChI=1S/C12H16N4O2S/c1-3-5-13-12(19)16-6-4-9-8(7-16)10(11(17)18)15(2)14-9/h3H,1,4-7H2,2H3,(H,13,19)(H,17,18). The molecule has 0 aliphatic carbocycles. The Morgan fingerprint density at radius 3 is 3.05 bits per heavy atom. The lowest BCUT2D eigenvalue weighted by Gasteiger charge is -2.29. The SMILES string of the molecule is C=CCNC(=S)N1CCc2nn(C)c(C(=O)O)c2C1. The number of hydrogen-bond donors (Lipinski definition) is 2. The second-order valence-electron chi connectivity index (χ2n) is 4.35. The molecule has 0 fully saturated rings. The topological polar surface area (TPSA) is 70.4 Å². The Bertz CT molecular complexity index is 538. The fraction of sp³-hybridized carbons (Fsp3) is 0.417. The average molecular weight is 280 g/mol. The molecule has 0 bridgehead atoms. The predicted molar refractivity (Wildman–Crippen MR) is 75.1 cm³/mol. The second kappa shape index (κ2) is 5.40. The zero-order chi connectivity index (χ0) is 14.0. The molecular weight excluding hydrogens is 264 g/mol. The monoisotopic (exact) mass is 280 g/mol. The fourth-order valence-corrected chi connectivity index (χ4v) is 2.45.